The van der Waals surface area contributed by atoms with Crippen LogP contribution in [0.15, 0.2) is 30.3 Å². The fourth-order valence-electron chi connectivity index (χ4n) is 2.75. The van der Waals surface area contributed by atoms with Crippen LogP contribution in [0.5, 0.6) is 0 Å². The molecule has 1 aromatic carbocycles. The first kappa shape index (κ1) is 17.0. The van der Waals surface area contributed by atoms with Crippen LogP contribution in [0.3, 0.4) is 0 Å². The van der Waals surface area contributed by atoms with Crippen molar-refractivity contribution in [2.45, 2.75) is 38.6 Å². The molecule has 1 amide bonds. The molecule has 1 aromatic rings. The maximum Gasteiger partial charge on any atom is 0.224 e. The summed E-state index contributed by atoms with van der Waals surface area (Å²) in [5, 5.41) is 3.06. The lowest BCUT2D eigenvalue weighted by Crippen LogP contribution is -2.37. The summed E-state index contributed by atoms with van der Waals surface area (Å²) in [5.41, 5.74) is 7.18. The van der Waals surface area contributed by atoms with E-state index in [9.17, 15) is 4.79 Å². The molecule has 112 valence electrons. The van der Waals surface area contributed by atoms with E-state index < -0.39 is 0 Å². The van der Waals surface area contributed by atoms with Crippen molar-refractivity contribution in [3.8, 4) is 0 Å². The Morgan fingerprint density at radius 2 is 1.90 bits per heavy atom. The Bertz CT molecular complexity index is 404. The first-order valence-corrected chi connectivity index (χ1v) is 7.26. The first-order valence-electron chi connectivity index (χ1n) is 7.26. The molecular weight excluding hydrogens is 272 g/mol. The summed E-state index contributed by atoms with van der Waals surface area (Å²) in [6.07, 6.45) is 5.11. The SMILES string of the molecule is CC(C(=O)NCC1CCCC1)C(N)c1ccccc1.Cl. The van der Waals surface area contributed by atoms with E-state index in [2.05, 4.69) is 5.32 Å². The number of benzene rings is 1. The van der Waals surface area contributed by atoms with Crippen molar-refractivity contribution in [2.75, 3.05) is 6.54 Å². The van der Waals surface area contributed by atoms with Crippen LogP contribution in [-0.2, 0) is 4.79 Å². The minimum atomic E-state index is -0.232. The highest BCUT2D eigenvalue weighted by Crippen LogP contribution is 2.24. The molecule has 0 saturated heterocycles. The molecule has 1 fully saturated rings. The zero-order valence-electron chi connectivity index (χ0n) is 12.0. The summed E-state index contributed by atoms with van der Waals surface area (Å²) in [5.74, 6) is 0.552. The maximum absolute atomic E-state index is 12.1. The molecule has 1 aliphatic carbocycles. The van der Waals surface area contributed by atoms with E-state index in [-0.39, 0.29) is 30.3 Å². The Hall–Kier alpha value is -1.06. The summed E-state index contributed by atoms with van der Waals surface area (Å²) >= 11 is 0. The standard InChI is InChI=1S/C16H24N2O.ClH/c1-12(15(17)14-9-3-2-4-10-14)16(19)18-11-13-7-5-6-8-13;/h2-4,9-10,12-13,15H,5-8,11,17H2,1H3,(H,18,19);1H. The molecule has 1 aliphatic rings. The van der Waals surface area contributed by atoms with E-state index in [0.29, 0.717) is 5.92 Å². The summed E-state index contributed by atoms with van der Waals surface area (Å²) in [6.45, 7) is 2.71. The molecule has 1 saturated carbocycles. The van der Waals surface area contributed by atoms with E-state index in [0.717, 1.165) is 12.1 Å². The van der Waals surface area contributed by atoms with Crippen LogP contribution in [0.4, 0.5) is 0 Å². The van der Waals surface area contributed by atoms with Gasteiger partial charge in [0.05, 0.1) is 5.92 Å². The Kier molecular flexibility index (Phi) is 7.03. The molecular formula is C16H25ClN2O. The molecule has 0 aliphatic heterocycles. The topological polar surface area (TPSA) is 55.1 Å². The predicted molar refractivity (Wildman–Crippen MR) is 84.8 cm³/mol. The van der Waals surface area contributed by atoms with Crippen molar-refractivity contribution in [3.63, 3.8) is 0 Å². The van der Waals surface area contributed by atoms with Crippen molar-refractivity contribution in [2.24, 2.45) is 17.6 Å². The molecule has 0 spiro atoms. The molecule has 2 atom stereocenters. The van der Waals surface area contributed by atoms with Crippen molar-refractivity contribution in [1.82, 2.24) is 5.32 Å². The number of nitrogens with two attached hydrogens (primary N) is 1. The summed E-state index contributed by atoms with van der Waals surface area (Å²) in [7, 11) is 0. The highest BCUT2D eigenvalue weighted by atomic mass is 35.5. The van der Waals surface area contributed by atoms with E-state index in [1.54, 1.807) is 0 Å². The van der Waals surface area contributed by atoms with Gasteiger partial charge in [0.2, 0.25) is 5.91 Å². The molecule has 2 rings (SSSR count). The van der Waals surface area contributed by atoms with E-state index in [1.165, 1.54) is 25.7 Å². The summed E-state index contributed by atoms with van der Waals surface area (Å²) in [4.78, 5) is 12.1. The molecule has 0 bridgehead atoms. The molecule has 3 nitrogen and oxygen atoms in total. The third-order valence-electron chi connectivity index (χ3n) is 4.18. The van der Waals surface area contributed by atoms with E-state index >= 15 is 0 Å². The number of hydrogen-bond acceptors (Lipinski definition) is 2. The second-order valence-electron chi connectivity index (χ2n) is 5.62. The van der Waals surface area contributed by atoms with Gasteiger partial charge in [0.15, 0.2) is 0 Å². The molecule has 0 radical (unpaired) electrons. The third kappa shape index (κ3) is 4.50. The molecule has 4 heteroatoms. The molecule has 2 unspecified atom stereocenters. The van der Waals surface area contributed by atoms with Gasteiger partial charge in [-0.25, -0.2) is 0 Å². The molecule has 0 aromatic heterocycles. The number of hydrogen-bond donors (Lipinski definition) is 2. The number of carbonyl (C=O) groups excluding carboxylic acids is 1. The van der Waals surface area contributed by atoms with Gasteiger partial charge in [-0.3, -0.25) is 4.79 Å². The fourth-order valence-corrected chi connectivity index (χ4v) is 2.75. The van der Waals surface area contributed by atoms with Gasteiger partial charge in [-0.05, 0) is 24.3 Å². The lowest BCUT2D eigenvalue weighted by Gasteiger charge is -2.21. The van der Waals surface area contributed by atoms with Crippen LogP contribution in [0, 0.1) is 11.8 Å². The van der Waals surface area contributed by atoms with Gasteiger partial charge >= 0.3 is 0 Å². The molecule has 20 heavy (non-hydrogen) atoms. The fraction of sp³-hybridized carbons (Fsp3) is 0.562. The highest BCUT2D eigenvalue weighted by Gasteiger charge is 2.23. The third-order valence-corrected chi connectivity index (χ3v) is 4.18. The van der Waals surface area contributed by atoms with Crippen LogP contribution < -0.4 is 11.1 Å². The zero-order chi connectivity index (χ0) is 13.7. The van der Waals surface area contributed by atoms with Crippen molar-refractivity contribution in [3.05, 3.63) is 35.9 Å². The molecule has 0 heterocycles. The Morgan fingerprint density at radius 3 is 2.50 bits per heavy atom. The summed E-state index contributed by atoms with van der Waals surface area (Å²) < 4.78 is 0. The predicted octanol–water partition coefficient (Wildman–Crippen LogP) is 3.05. The Morgan fingerprint density at radius 1 is 1.30 bits per heavy atom. The monoisotopic (exact) mass is 296 g/mol. The van der Waals surface area contributed by atoms with Crippen molar-refractivity contribution >= 4 is 18.3 Å². The average Bonchev–Trinajstić information content (AvgIpc) is 2.97. The first-order chi connectivity index (χ1) is 9.18. The zero-order valence-corrected chi connectivity index (χ0v) is 12.9. The van der Waals surface area contributed by atoms with Gasteiger partial charge in [-0.2, -0.15) is 0 Å². The van der Waals surface area contributed by atoms with E-state index in [4.69, 9.17) is 5.73 Å². The van der Waals surface area contributed by atoms with Gasteiger partial charge in [0.25, 0.3) is 0 Å². The van der Waals surface area contributed by atoms with Crippen LogP contribution >= 0.6 is 12.4 Å². The quantitative estimate of drug-likeness (QED) is 0.877. The lowest BCUT2D eigenvalue weighted by molar-refractivity contribution is -0.125. The molecule has 3 N–H and O–H groups in total. The highest BCUT2D eigenvalue weighted by molar-refractivity contribution is 5.85. The van der Waals surface area contributed by atoms with Crippen LogP contribution in [0.25, 0.3) is 0 Å². The lowest BCUT2D eigenvalue weighted by atomic mass is 9.94. The Balaban J connectivity index is 0.00000200. The number of halogens is 1. The second-order valence-corrected chi connectivity index (χ2v) is 5.62. The van der Waals surface area contributed by atoms with Crippen LogP contribution in [-0.4, -0.2) is 12.5 Å². The normalized spacial score (nSPS) is 18.1. The Labute approximate surface area is 127 Å². The van der Waals surface area contributed by atoms with Crippen molar-refractivity contribution in [1.29, 1.82) is 0 Å². The van der Waals surface area contributed by atoms with Gasteiger partial charge < -0.3 is 11.1 Å². The van der Waals surface area contributed by atoms with Crippen LogP contribution in [0.2, 0.25) is 0 Å². The average molecular weight is 297 g/mol. The second kappa shape index (κ2) is 8.28. The minimum Gasteiger partial charge on any atom is -0.356 e. The van der Waals surface area contributed by atoms with Gasteiger partial charge in [0, 0.05) is 12.6 Å². The maximum atomic E-state index is 12.1. The van der Waals surface area contributed by atoms with Crippen molar-refractivity contribution < 1.29 is 4.79 Å². The van der Waals surface area contributed by atoms with Gasteiger partial charge in [-0.1, -0.05) is 50.1 Å². The van der Waals surface area contributed by atoms with E-state index in [1.807, 2.05) is 37.3 Å². The minimum absolute atomic E-state index is 0. The van der Waals surface area contributed by atoms with Gasteiger partial charge in [-0.15, -0.1) is 12.4 Å². The number of nitrogens with one attached hydrogen (secondary N) is 1. The number of amides is 1. The number of rotatable bonds is 5. The van der Waals surface area contributed by atoms with Crippen LogP contribution in [0.1, 0.15) is 44.2 Å². The largest absolute Gasteiger partial charge is 0.356 e. The smallest absolute Gasteiger partial charge is 0.224 e. The van der Waals surface area contributed by atoms with Gasteiger partial charge in [0.1, 0.15) is 0 Å². The summed E-state index contributed by atoms with van der Waals surface area (Å²) in [6, 6.07) is 9.60. The number of carbonyl (C=O) groups is 1.